The summed E-state index contributed by atoms with van der Waals surface area (Å²) in [6, 6.07) is 8.77. The van der Waals surface area contributed by atoms with Crippen LogP contribution < -0.4 is 0 Å². The van der Waals surface area contributed by atoms with Crippen molar-refractivity contribution in [1.29, 1.82) is 0 Å². The van der Waals surface area contributed by atoms with E-state index in [0.29, 0.717) is 5.92 Å². The summed E-state index contributed by atoms with van der Waals surface area (Å²) in [6.45, 7) is 11.0. The minimum absolute atomic E-state index is 0.135. The Hall–Kier alpha value is -1.41. The first-order valence-corrected chi connectivity index (χ1v) is 7.92. The highest BCUT2D eigenvalue weighted by Crippen LogP contribution is 2.27. The quantitative estimate of drug-likeness (QED) is 0.701. The van der Waals surface area contributed by atoms with Gasteiger partial charge in [0.05, 0.1) is 5.01 Å². The third-order valence-corrected chi connectivity index (χ3v) is 4.60. The first kappa shape index (κ1) is 15.0. The molecule has 1 nitrogen and oxygen atoms in total. The molecule has 0 atom stereocenters. The van der Waals surface area contributed by atoms with Crippen LogP contribution in [-0.4, -0.2) is 4.98 Å². The highest BCUT2D eigenvalue weighted by Gasteiger charge is 2.17. The molecule has 0 spiro atoms. The predicted molar refractivity (Wildman–Crippen MR) is 90.3 cm³/mol. The summed E-state index contributed by atoms with van der Waals surface area (Å²) in [4.78, 5) is 5.72. The Morgan fingerprint density at radius 2 is 1.70 bits per heavy atom. The van der Waals surface area contributed by atoms with Crippen LogP contribution in [-0.2, 0) is 5.41 Å². The van der Waals surface area contributed by atoms with Gasteiger partial charge in [0.15, 0.2) is 0 Å². The molecule has 0 unspecified atom stereocenters. The Bertz CT molecular complexity index is 583. The molecule has 0 fully saturated rings. The molecule has 0 amide bonds. The van der Waals surface area contributed by atoms with Crippen molar-refractivity contribution in [3.05, 3.63) is 51.5 Å². The van der Waals surface area contributed by atoms with E-state index in [1.54, 1.807) is 11.3 Å². The van der Waals surface area contributed by atoms with E-state index >= 15 is 0 Å². The van der Waals surface area contributed by atoms with Crippen LogP contribution in [0.25, 0.3) is 12.2 Å². The van der Waals surface area contributed by atoms with Crippen LogP contribution in [0.3, 0.4) is 0 Å². The topological polar surface area (TPSA) is 12.9 Å². The molecular weight excluding hydrogens is 262 g/mol. The molecule has 2 aromatic rings. The van der Waals surface area contributed by atoms with Crippen molar-refractivity contribution in [2.75, 3.05) is 0 Å². The van der Waals surface area contributed by atoms with Gasteiger partial charge >= 0.3 is 0 Å². The van der Waals surface area contributed by atoms with Crippen LogP contribution in [0.1, 0.15) is 61.5 Å². The molecule has 0 aliphatic rings. The average Bonchev–Trinajstić information content (AvgIpc) is 2.85. The van der Waals surface area contributed by atoms with Gasteiger partial charge in [0.1, 0.15) is 0 Å². The second-order valence-corrected chi connectivity index (χ2v) is 7.53. The SMILES string of the molecule is CC(C)c1ccc(/C=C/c2cnc(C(C)(C)C)s2)cc1. The maximum atomic E-state index is 4.50. The Morgan fingerprint density at radius 1 is 1.05 bits per heavy atom. The van der Waals surface area contributed by atoms with Crippen molar-refractivity contribution >= 4 is 23.5 Å². The fourth-order valence-electron chi connectivity index (χ4n) is 1.88. The van der Waals surface area contributed by atoms with Crippen LogP contribution in [0.2, 0.25) is 0 Å². The fraction of sp³-hybridized carbons (Fsp3) is 0.389. The Morgan fingerprint density at radius 3 is 2.20 bits per heavy atom. The van der Waals surface area contributed by atoms with E-state index in [4.69, 9.17) is 0 Å². The number of nitrogens with zero attached hydrogens (tertiary/aromatic N) is 1. The van der Waals surface area contributed by atoms with Gasteiger partial charge in [-0.1, -0.05) is 65.0 Å². The first-order chi connectivity index (χ1) is 9.36. The van der Waals surface area contributed by atoms with Gasteiger partial charge in [-0.15, -0.1) is 11.3 Å². The highest BCUT2D eigenvalue weighted by molar-refractivity contribution is 7.12. The summed E-state index contributed by atoms with van der Waals surface area (Å²) in [5.74, 6) is 0.587. The molecule has 2 rings (SSSR count). The van der Waals surface area contributed by atoms with Crippen LogP contribution in [0.5, 0.6) is 0 Å². The minimum Gasteiger partial charge on any atom is -0.248 e. The van der Waals surface area contributed by atoms with Gasteiger partial charge in [0.2, 0.25) is 0 Å². The van der Waals surface area contributed by atoms with Crippen molar-refractivity contribution in [1.82, 2.24) is 4.98 Å². The van der Waals surface area contributed by atoms with Crippen molar-refractivity contribution in [2.24, 2.45) is 0 Å². The molecule has 106 valence electrons. The molecule has 0 radical (unpaired) electrons. The van der Waals surface area contributed by atoms with Gasteiger partial charge in [0.25, 0.3) is 0 Å². The zero-order valence-corrected chi connectivity index (χ0v) is 13.8. The molecule has 0 N–H and O–H groups in total. The molecule has 0 saturated heterocycles. The van der Waals surface area contributed by atoms with Crippen LogP contribution >= 0.6 is 11.3 Å². The van der Waals surface area contributed by atoms with Crippen LogP contribution in [0.15, 0.2) is 30.5 Å². The summed E-state index contributed by atoms with van der Waals surface area (Å²) < 4.78 is 0. The van der Waals surface area contributed by atoms with Gasteiger partial charge < -0.3 is 0 Å². The van der Waals surface area contributed by atoms with Gasteiger partial charge in [-0.2, -0.15) is 0 Å². The van der Waals surface area contributed by atoms with E-state index in [1.807, 2.05) is 6.20 Å². The number of hydrogen-bond donors (Lipinski definition) is 0. The van der Waals surface area contributed by atoms with E-state index in [1.165, 1.54) is 21.0 Å². The molecule has 2 heteroatoms. The molecule has 0 saturated carbocycles. The smallest absolute Gasteiger partial charge is 0.0984 e. The van der Waals surface area contributed by atoms with Gasteiger partial charge in [-0.3, -0.25) is 0 Å². The largest absolute Gasteiger partial charge is 0.248 e. The third-order valence-electron chi connectivity index (χ3n) is 3.21. The minimum atomic E-state index is 0.135. The second-order valence-electron chi connectivity index (χ2n) is 6.47. The molecular formula is C18H23NS. The fourth-order valence-corrected chi connectivity index (χ4v) is 2.76. The third kappa shape index (κ3) is 3.80. The summed E-state index contributed by atoms with van der Waals surface area (Å²) in [7, 11) is 0. The summed E-state index contributed by atoms with van der Waals surface area (Å²) >= 11 is 1.77. The maximum Gasteiger partial charge on any atom is 0.0984 e. The lowest BCUT2D eigenvalue weighted by molar-refractivity contribution is 0.585. The summed E-state index contributed by atoms with van der Waals surface area (Å²) in [6.07, 6.45) is 6.27. The molecule has 0 aliphatic heterocycles. The van der Waals surface area contributed by atoms with Crippen molar-refractivity contribution in [3.63, 3.8) is 0 Å². The molecule has 0 bridgehead atoms. The Labute approximate surface area is 126 Å². The number of rotatable bonds is 3. The monoisotopic (exact) mass is 285 g/mol. The van der Waals surface area contributed by atoms with E-state index in [-0.39, 0.29) is 5.41 Å². The normalized spacial score (nSPS) is 12.5. The first-order valence-electron chi connectivity index (χ1n) is 7.10. The lowest BCUT2D eigenvalue weighted by Gasteiger charge is -2.13. The van der Waals surface area contributed by atoms with Gasteiger partial charge in [-0.05, 0) is 23.1 Å². The molecule has 1 heterocycles. The second kappa shape index (κ2) is 5.92. The highest BCUT2D eigenvalue weighted by atomic mass is 32.1. The lowest BCUT2D eigenvalue weighted by atomic mass is 9.98. The number of benzene rings is 1. The van der Waals surface area contributed by atoms with E-state index in [9.17, 15) is 0 Å². The van der Waals surface area contributed by atoms with Gasteiger partial charge in [-0.25, -0.2) is 4.98 Å². The average molecular weight is 285 g/mol. The number of hydrogen-bond acceptors (Lipinski definition) is 2. The predicted octanol–water partition coefficient (Wildman–Crippen LogP) is 5.73. The summed E-state index contributed by atoms with van der Waals surface area (Å²) in [5, 5.41) is 1.19. The number of thiazole rings is 1. The molecule has 1 aromatic heterocycles. The lowest BCUT2D eigenvalue weighted by Crippen LogP contribution is -2.09. The van der Waals surface area contributed by atoms with E-state index in [0.717, 1.165) is 0 Å². The van der Waals surface area contributed by atoms with E-state index < -0.39 is 0 Å². The van der Waals surface area contributed by atoms with Crippen molar-refractivity contribution < 1.29 is 0 Å². The Balaban J connectivity index is 2.11. The van der Waals surface area contributed by atoms with Crippen LogP contribution in [0.4, 0.5) is 0 Å². The van der Waals surface area contributed by atoms with E-state index in [2.05, 4.69) is 76.0 Å². The Kier molecular flexibility index (Phi) is 4.44. The van der Waals surface area contributed by atoms with Crippen LogP contribution in [0, 0.1) is 0 Å². The number of aromatic nitrogens is 1. The summed E-state index contributed by atoms with van der Waals surface area (Å²) in [5.41, 5.74) is 2.76. The standard InChI is InChI=1S/C18H23NS/c1-13(2)15-9-6-14(7-10-15)8-11-16-12-19-17(20-16)18(3,4)5/h6-13H,1-5H3/b11-8+. The maximum absolute atomic E-state index is 4.50. The molecule has 20 heavy (non-hydrogen) atoms. The zero-order chi connectivity index (χ0) is 14.8. The van der Waals surface area contributed by atoms with Crippen molar-refractivity contribution in [3.8, 4) is 0 Å². The van der Waals surface area contributed by atoms with Crippen molar-refractivity contribution in [2.45, 2.75) is 46.0 Å². The molecule has 1 aromatic carbocycles. The van der Waals surface area contributed by atoms with Gasteiger partial charge in [0, 0.05) is 16.5 Å². The molecule has 0 aliphatic carbocycles. The zero-order valence-electron chi connectivity index (χ0n) is 13.0.